The second kappa shape index (κ2) is 2.90. The van der Waals surface area contributed by atoms with Crippen LogP contribution in [0.25, 0.3) is 0 Å². The van der Waals surface area contributed by atoms with Gasteiger partial charge >= 0.3 is 0 Å². The van der Waals surface area contributed by atoms with Crippen molar-refractivity contribution in [2.75, 3.05) is 0 Å². The lowest BCUT2D eigenvalue weighted by Gasteiger charge is -1.94. The van der Waals surface area contributed by atoms with Crippen LogP contribution in [0.1, 0.15) is 11.1 Å². The maximum atomic E-state index is 12.7. The van der Waals surface area contributed by atoms with E-state index in [1.54, 1.807) is 0 Å². The summed E-state index contributed by atoms with van der Waals surface area (Å²) in [4.78, 5) is 0. The molecule has 0 saturated carbocycles. The Morgan fingerprint density at radius 1 is 1.18 bits per heavy atom. The van der Waals surface area contributed by atoms with Crippen LogP contribution >= 0.6 is 0 Å². The molecule has 1 aromatic carbocycles. The Kier molecular flexibility index (Phi) is 1.95. The summed E-state index contributed by atoms with van der Waals surface area (Å²) in [6.45, 7) is 0. The van der Waals surface area contributed by atoms with E-state index in [0.29, 0.717) is 5.56 Å². The van der Waals surface area contributed by atoms with E-state index in [9.17, 15) is 4.39 Å². The van der Waals surface area contributed by atoms with E-state index in [0.717, 1.165) is 0 Å². The van der Waals surface area contributed by atoms with E-state index in [4.69, 9.17) is 12.8 Å². The van der Waals surface area contributed by atoms with Crippen molar-refractivity contribution in [2.45, 2.75) is 0 Å². The fourth-order valence-corrected chi connectivity index (χ4v) is 0.726. The zero-order valence-electron chi connectivity index (χ0n) is 5.76. The first kappa shape index (κ1) is 7.38. The minimum Gasteiger partial charge on any atom is -0.206 e. The van der Waals surface area contributed by atoms with Crippen molar-refractivity contribution in [3.8, 4) is 24.7 Å². The smallest absolute Gasteiger partial charge is 0.138 e. The third kappa shape index (κ3) is 1.39. The molecule has 0 heterocycles. The summed E-state index contributed by atoms with van der Waals surface area (Å²) in [6, 6.07) is 4.25. The average Bonchev–Trinajstić information content (AvgIpc) is 2.05. The molecule has 0 bridgehead atoms. The van der Waals surface area contributed by atoms with Gasteiger partial charge in [0.25, 0.3) is 0 Å². The Balaban J connectivity index is 3.29. The van der Waals surface area contributed by atoms with E-state index < -0.39 is 5.82 Å². The van der Waals surface area contributed by atoms with Gasteiger partial charge in [-0.15, -0.1) is 12.8 Å². The van der Waals surface area contributed by atoms with Crippen molar-refractivity contribution in [3.05, 3.63) is 35.1 Å². The highest BCUT2D eigenvalue weighted by atomic mass is 19.1. The van der Waals surface area contributed by atoms with Gasteiger partial charge in [0, 0.05) is 5.56 Å². The summed E-state index contributed by atoms with van der Waals surface area (Å²) < 4.78 is 12.7. The Bertz CT molecular complexity index is 350. The van der Waals surface area contributed by atoms with Gasteiger partial charge in [-0.3, -0.25) is 0 Å². The summed E-state index contributed by atoms with van der Waals surface area (Å²) in [5.74, 6) is 4.16. The summed E-state index contributed by atoms with van der Waals surface area (Å²) in [5, 5.41) is 0. The summed E-state index contributed by atoms with van der Waals surface area (Å²) in [6.07, 6.45) is 10.1. The van der Waals surface area contributed by atoms with Crippen LogP contribution in [0.2, 0.25) is 0 Å². The third-order valence-corrected chi connectivity index (χ3v) is 1.29. The zero-order chi connectivity index (χ0) is 8.27. The molecule has 0 spiro atoms. The lowest BCUT2D eigenvalue weighted by Crippen LogP contribution is -1.84. The van der Waals surface area contributed by atoms with Crippen LogP contribution < -0.4 is 0 Å². The number of terminal acetylenes is 2. The highest BCUT2D eigenvalue weighted by molar-refractivity contribution is 5.42. The van der Waals surface area contributed by atoms with Crippen molar-refractivity contribution in [1.82, 2.24) is 0 Å². The van der Waals surface area contributed by atoms with Crippen LogP contribution in [0.4, 0.5) is 4.39 Å². The van der Waals surface area contributed by atoms with E-state index in [1.165, 1.54) is 18.2 Å². The van der Waals surface area contributed by atoms with Gasteiger partial charge in [0.15, 0.2) is 0 Å². The quantitative estimate of drug-likeness (QED) is 0.487. The maximum absolute atomic E-state index is 12.7. The van der Waals surface area contributed by atoms with Crippen LogP contribution in [0.3, 0.4) is 0 Å². The Hall–Kier alpha value is -1.73. The van der Waals surface area contributed by atoms with Gasteiger partial charge in [-0.05, 0) is 18.2 Å². The van der Waals surface area contributed by atoms with Crippen molar-refractivity contribution >= 4 is 0 Å². The number of rotatable bonds is 0. The average molecular weight is 144 g/mol. The van der Waals surface area contributed by atoms with E-state index >= 15 is 0 Å². The molecule has 0 N–H and O–H groups in total. The molecule has 1 heteroatoms. The van der Waals surface area contributed by atoms with Crippen molar-refractivity contribution in [2.24, 2.45) is 0 Å². The van der Waals surface area contributed by atoms with E-state index in [1.807, 2.05) is 0 Å². The normalized spacial score (nSPS) is 8.27. The first-order valence-electron chi connectivity index (χ1n) is 3.00. The molecule has 0 aliphatic carbocycles. The SMILES string of the molecule is C#Cc1ccc(F)c(C#C)c1. The standard InChI is InChI=1S/C10H5F/c1-3-8-5-6-10(11)9(4-2)7-8/h1-2,5-7H. The summed E-state index contributed by atoms with van der Waals surface area (Å²) >= 11 is 0. The molecule has 1 rings (SSSR count). The van der Waals surface area contributed by atoms with Gasteiger partial charge in [0.05, 0.1) is 5.56 Å². The molecule has 52 valence electrons. The Morgan fingerprint density at radius 3 is 2.45 bits per heavy atom. The lowest BCUT2D eigenvalue weighted by atomic mass is 10.1. The maximum Gasteiger partial charge on any atom is 0.138 e. The largest absolute Gasteiger partial charge is 0.206 e. The second-order valence-corrected chi connectivity index (χ2v) is 1.98. The molecule has 0 amide bonds. The molecule has 0 fully saturated rings. The molecule has 0 aromatic heterocycles. The van der Waals surface area contributed by atoms with Crippen molar-refractivity contribution in [3.63, 3.8) is 0 Å². The molecule has 0 aliphatic heterocycles. The molecular formula is C10H5F. The van der Waals surface area contributed by atoms with Crippen molar-refractivity contribution < 1.29 is 4.39 Å². The van der Waals surface area contributed by atoms with Gasteiger partial charge in [-0.25, -0.2) is 4.39 Å². The van der Waals surface area contributed by atoms with E-state index in [-0.39, 0.29) is 5.56 Å². The highest BCUT2D eigenvalue weighted by Crippen LogP contribution is 2.07. The van der Waals surface area contributed by atoms with Gasteiger partial charge < -0.3 is 0 Å². The second-order valence-electron chi connectivity index (χ2n) is 1.98. The number of hydrogen-bond donors (Lipinski definition) is 0. The minimum atomic E-state index is -0.411. The van der Waals surface area contributed by atoms with Crippen LogP contribution in [0.15, 0.2) is 18.2 Å². The first-order chi connectivity index (χ1) is 5.27. The fourth-order valence-electron chi connectivity index (χ4n) is 0.726. The Morgan fingerprint density at radius 2 is 1.91 bits per heavy atom. The first-order valence-corrected chi connectivity index (χ1v) is 3.00. The molecule has 0 atom stereocenters. The van der Waals surface area contributed by atoms with Gasteiger partial charge in [0.1, 0.15) is 5.82 Å². The van der Waals surface area contributed by atoms with Crippen LogP contribution in [-0.4, -0.2) is 0 Å². The topological polar surface area (TPSA) is 0 Å². The molecule has 0 saturated heterocycles. The third-order valence-electron chi connectivity index (χ3n) is 1.29. The lowest BCUT2D eigenvalue weighted by molar-refractivity contribution is 0.624. The van der Waals surface area contributed by atoms with Crippen molar-refractivity contribution in [1.29, 1.82) is 0 Å². The van der Waals surface area contributed by atoms with E-state index in [2.05, 4.69) is 11.8 Å². The number of hydrogen-bond acceptors (Lipinski definition) is 0. The Labute approximate surface area is 65.1 Å². The van der Waals surface area contributed by atoms with Crippen LogP contribution in [0.5, 0.6) is 0 Å². The van der Waals surface area contributed by atoms with Gasteiger partial charge in [-0.2, -0.15) is 0 Å². The molecule has 1 aromatic rings. The number of benzene rings is 1. The molecule has 0 aliphatic rings. The molecule has 0 nitrogen and oxygen atoms in total. The minimum absolute atomic E-state index is 0.209. The zero-order valence-corrected chi connectivity index (χ0v) is 5.76. The molecule has 0 unspecified atom stereocenters. The predicted molar refractivity (Wildman–Crippen MR) is 42.3 cm³/mol. The predicted octanol–water partition coefficient (Wildman–Crippen LogP) is 1.79. The van der Waals surface area contributed by atoms with Gasteiger partial charge in [0.2, 0.25) is 0 Å². The van der Waals surface area contributed by atoms with Crippen LogP contribution in [0, 0.1) is 30.5 Å². The summed E-state index contributed by atoms with van der Waals surface area (Å²) in [7, 11) is 0. The fraction of sp³-hybridized carbons (Fsp3) is 0. The molecule has 11 heavy (non-hydrogen) atoms. The number of halogens is 1. The summed E-state index contributed by atoms with van der Waals surface area (Å²) in [5.41, 5.74) is 0.805. The van der Waals surface area contributed by atoms with Gasteiger partial charge in [-0.1, -0.05) is 11.8 Å². The van der Waals surface area contributed by atoms with Crippen LogP contribution in [-0.2, 0) is 0 Å². The molecule has 0 radical (unpaired) electrons. The monoisotopic (exact) mass is 144 g/mol. The highest BCUT2D eigenvalue weighted by Gasteiger charge is 1.97. The molecular weight excluding hydrogens is 139 g/mol.